The van der Waals surface area contributed by atoms with Gasteiger partial charge in [0, 0.05) is 18.6 Å². The van der Waals surface area contributed by atoms with Crippen LogP contribution >= 0.6 is 22.6 Å². The molecule has 1 aromatic rings. The van der Waals surface area contributed by atoms with Crippen LogP contribution in [0.5, 0.6) is 5.75 Å². The van der Waals surface area contributed by atoms with Crippen molar-refractivity contribution in [2.45, 2.75) is 50.2 Å². The lowest BCUT2D eigenvalue weighted by Gasteiger charge is -2.25. The fraction of sp³-hybridized carbons (Fsp3) is 0.476. The van der Waals surface area contributed by atoms with Gasteiger partial charge in [-0.05, 0) is 48.4 Å². The lowest BCUT2D eigenvalue weighted by atomic mass is 10.0. The van der Waals surface area contributed by atoms with Gasteiger partial charge in [0.25, 0.3) is 11.6 Å². The van der Waals surface area contributed by atoms with Crippen LogP contribution in [-0.2, 0) is 19.2 Å². The highest BCUT2D eigenvalue weighted by Crippen LogP contribution is 2.31. The van der Waals surface area contributed by atoms with Gasteiger partial charge < -0.3 is 37.9 Å². The fourth-order valence-electron chi connectivity index (χ4n) is 3.52. The van der Waals surface area contributed by atoms with Crippen LogP contribution in [0.1, 0.15) is 42.5 Å². The minimum absolute atomic E-state index is 0.0619. The van der Waals surface area contributed by atoms with Crippen LogP contribution in [0.15, 0.2) is 12.1 Å². The zero-order valence-corrected chi connectivity index (χ0v) is 21.8. The Balaban J connectivity index is 2.54. The summed E-state index contributed by atoms with van der Waals surface area (Å²) >= 11 is 1.73. The smallest absolute Gasteiger partial charge is 0.271 e. The van der Waals surface area contributed by atoms with Crippen molar-refractivity contribution in [3.05, 3.63) is 31.4 Å². The molecule has 0 bridgehead atoms. The summed E-state index contributed by atoms with van der Waals surface area (Å²) in [5.41, 5.74) is 15.5. The minimum Gasteiger partial charge on any atom is -0.492 e. The third-order valence-corrected chi connectivity index (χ3v) is 6.20. The van der Waals surface area contributed by atoms with Gasteiger partial charge in [-0.3, -0.25) is 34.1 Å². The van der Waals surface area contributed by atoms with Crippen molar-refractivity contribution < 1.29 is 33.6 Å². The molecule has 2 rings (SSSR count). The molecule has 9 N–H and O–H groups in total. The molecule has 0 fully saturated rings. The quantitative estimate of drug-likeness (QED) is 0.0846. The average molecular weight is 633 g/mol. The lowest BCUT2D eigenvalue weighted by Crippen LogP contribution is -2.57. The number of carbonyl (C=O) groups excluding carboxylic acids is 5. The Kier molecular flexibility index (Phi) is 11.0. The molecule has 1 aromatic carbocycles. The third kappa shape index (κ3) is 8.52. The van der Waals surface area contributed by atoms with Crippen molar-refractivity contribution in [1.29, 1.82) is 0 Å². The van der Waals surface area contributed by atoms with E-state index in [9.17, 15) is 34.1 Å². The van der Waals surface area contributed by atoms with Crippen molar-refractivity contribution >= 4 is 57.8 Å². The first-order chi connectivity index (χ1) is 17.4. The van der Waals surface area contributed by atoms with E-state index in [4.69, 9.17) is 21.9 Å². The Morgan fingerprint density at radius 1 is 1.08 bits per heavy atom. The number of nitrogens with one attached hydrogen (secondary N) is 3. The number of nitro benzene ring substituents is 1. The maximum Gasteiger partial charge on any atom is 0.271 e. The van der Waals surface area contributed by atoms with E-state index in [1.54, 1.807) is 22.6 Å². The van der Waals surface area contributed by atoms with Crippen LogP contribution in [0, 0.1) is 13.7 Å². The highest BCUT2D eigenvalue weighted by Gasteiger charge is 2.32. The number of primary amides is 2. The minimum atomic E-state index is -1.52. The highest BCUT2D eigenvalue weighted by molar-refractivity contribution is 14.1. The Morgan fingerprint density at radius 3 is 2.35 bits per heavy atom. The van der Waals surface area contributed by atoms with E-state index in [0.717, 1.165) is 6.07 Å². The summed E-state index contributed by atoms with van der Waals surface area (Å²) in [5.74, 6) is -4.42. The maximum atomic E-state index is 13.2. The topological polar surface area (TPSA) is 252 Å². The van der Waals surface area contributed by atoms with Crippen LogP contribution in [0.25, 0.3) is 0 Å². The largest absolute Gasteiger partial charge is 0.492 e. The second kappa shape index (κ2) is 13.7. The van der Waals surface area contributed by atoms with E-state index in [1.165, 1.54) is 6.07 Å². The number of halogens is 1. The van der Waals surface area contributed by atoms with Crippen LogP contribution in [0.2, 0.25) is 0 Å². The normalized spacial score (nSPS) is 20.8. The number of hydrogen-bond donors (Lipinski definition) is 6. The maximum absolute atomic E-state index is 13.2. The summed E-state index contributed by atoms with van der Waals surface area (Å²) in [7, 11) is 0. The molecule has 0 spiro atoms. The second-order valence-electron chi connectivity index (χ2n) is 8.20. The van der Waals surface area contributed by atoms with Gasteiger partial charge in [-0.25, -0.2) is 0 Å². The molecule has 1 aliphatic heterocycles. The number of nitrogens with two attached hydrogens (primary N) is 3. The second-order valence-corrected chi connectivity index (χ2v) is 9.37. The molecule has 0 aliphatic carbocycles. The first-order valence-corrected chi connectivity index (χ1v) is 12.3. The van der Waals surface area contributed by atoms with Gasteiger partial charge in [0.15, 0.2) is 0 Å². The fourth-order valence-corrected chi connectivity index (χ4v) is 4.28. The summed E-state index contributed by atoms with van der Waals surface area (Å²) < 4.78 is 5.87. The SMILES string of the molecule is NCCCCC1NC(=O)C(CC(N)=O)NC(=O)c2cc([N+](=O)[O-])cc(I)c2OCCC(C(N)=O)NC1=O. The molecule has 37 heavy (non-hydrogen) atoms. The van der Waals surface area contributed by atoms with Gasteiger partial charge in [0.05, 0.1) is 27.1 Å². The summed E-state index contributed by atoms with van der Waals surface area (Å²) in [6.07, 6.45) is 0.412. The van der Waals surface area contributed by atoms with Gasteiger partial charge >= 0.3 is 0 Å². The first kappa shape index (κ1) is 29.7. The zero-order valence-electron chi connectivity index (χ0n) is 19.7. The number of nitro groups is 1. The average Bonchev–Trinajstić information content (AvgIpc) is 2.81. The van der Waals surface area contributed by atoms with Gasteiger partial charge in [-0.2, -0.15) is 0 Å². The molecule has 0 saturated carbocycles. The van der Waals surface area contributed by atoms with E-state index in [-0.39, 0.29) is 34.3 Å². The van der Waals surface area contributed by atoms with E-state index in [0.29, 0.717) is 19.4 Å². The van der Waals surface area contributed by atoms with Gasteiger partial charge in [-0.1, -0.05) is 0 Å². The van der Waals surface area contributed by atoms with E-state index >= 15 is 0 Å². The Bertz CT molecular complexity index is 1080. The Hall–Kier alpha value is -3.54. The predicted octanol–water partition coefficient (Wildman–Crippen LogP) is -1.46. The van der Waals surface area contributed by atoms with E-state index in [2.05, 4.69) is 16.0 Å². The molecule has 0 aromatic heterocycles. The number of unbranched alkanes of at least 4 members (excludes halogenated alkanes) is 1. The molecule has 3 unspecified atom stereocenters. The molecule has 1 heterocycles. The van der Waals surface area contributed by atoms with Crippen molar-refractivity contribution in [1.82, 2.24) is 16.0 Å². The third-order valence-electron chi connectivity index (χ3n) is 5.40. The number of fused-ring (bicyclic) bond motifs is 1. The van der Waals surface area contributed by atoms with E-state index < -0.39 is 64.7 Å². The Morgan fingerprint density at radius 2 is 1.76 bits per heavy atom. The summed E-state index contributed by atoms with van der Waals surface area (Å²) in [6.45, 7) is 0.144. The number of rotatable bonds is 8. The number of non-ortho nitro benzene ring substituents is 1. The van der Waals surface area contributed by atoms with Gasteiger partial charge in [0.2, 0.25) is 23.6 Å². The van der Waals surface area contributed by atoms with Gasteiger partial charge in [-0.15, -0.1) is 0 Å². The Labute approximate surface area is 224 Å². The molecule has 1 aliphatic rings. The standard InChI is InChI=1S/C21H28IN7O8/c22-12-8-10(29(35)36)7-11-17(12)37-6-4-13(18(25)31)26-20(33)14(3-1-2-5-23)27-21(34)15(9-16(24)30)28-19(11)32/h7-8,13-15H,1-6,9,23H2,(H2,24,30)(H2,25,31)(H,26,33)(H,27,34)(H,28,32). The van der Waals surface area contributed by atoms with Crippen LogP contribution in [0.3, 0.4) is 0 Å². The first-order valence-electron chi connectivity index (χ1n) is 11.2. The molecule has 0 saturated heterocycles. The monoisotopic (exact) mass is 633 g/mol. The molecule has 5 amide bonds. The van der Waals surface area contributed by atoms with Crippen molar-refractivity contribution in [2.75, 3.05) is 13.2 Å². The number of benzene rings is 1. The van der Waals surface area contributed by atoms with Gasteiger partial charge in [0.1, 0.15) is 23.9 Å². The number of nitrogens with zero attached hydrogens (tertiary/aromatic N) is 1. The van der Waals surface area contributed by atoms with Crippen molar-refractivity contribution in [3.63, 3.8) is 0 Å². The molecule has 3 atom stereocenters. The lowest BCUT2D eigenvalue weighted by molar-refractivity contribution is -0.385. The molecule has 202 valence electrons. The summed E-state index contributed by atoms with van der Waals surface area (Å²) in [6, 6.07) is -1.72. The molecular weight excluding hydrogens is 605 g/mol. The summed E-state index contributed by atoms with van der Waals surface area (Å²) in [4.78, 5) is 73.4. The number of amides is 5. The van der Waals surface area contributed by atoms with Crippen LogP contribution in [0.4, 0.5) is 5.69 Å². The highest BCUT2D eigenvalue weighted by atomic mass is 127. The number of hydrogen-bond acceptors (Lipinski definition) is 9. The van der Waals surface area contributed by atoms with Crippen molar-refractivity contribution in [3.8, 4) is 5.75 Å². The van der Waals surface area contributed by atoms with Crippen LogP contribution in [-0.4, -0.2) is 65.7 Å². The van der Waals surface area contributed by atoms with E-state index in [1.807, 2.05) is 0 Å². The predicted molar refractivity (Wildman–Crippen MR) is 137 cm³/mol. The van der Waals surface area contributed by atoms with Crippen LogP contribution < -0.4 is 37.9 Å². The summed E-state index contributed by atoms with van der Waals surface area (Å²) in [5, 5.41) is 18.7. The molecular formula is C21H28IN7O8. The number of ether oxygens (including phenoxy) is 1. The molecule has 16 heteroatoms. The number of carbonyl (C=O) groups is 5. The molecule has 15 nitrogen and oxygen atoms in total. The molecule has 0 radical (unpaired) electrons. The zero-order chi connectivity index (χ0) is 27.7. The van der Waals surface area contributed by atoms with Crippen molar-refractivity contribution in [2.24, 2.45) is 17.2 Å².